The third-order valence-corrected chi connectivity index (χ3v) is 6.47. The molecule has 5 rings (SSSR count). The summed E-state index contributed by atoms with van der Waals surface area (Å²) in [5, 5.41) is 4.02. The van der Waals surface area contributed by atoms with E-state index in [9.17, 15) is 14.4 Å². The van der Waals surface area contributed by atoms with Gasteiger partial charge in [-0.05, 0) is 61.4 Å². The molecule has 0 bridgehead atoms. The highest BCUT2D eigenvalue weighted by Gasteiger charge is 2.28. The molecule has 0 spiro atoms. The number of nitrogens with zero attached hydrogens (tertiary/aromatic N) is 2. The van der Waals surface area contributed by atoms with Crippen molar-refractivity contribution >= 4 is 40.0 Å². The largest absolute Gasteiger partial charge is 0.322 e. The third kappa shape index (κ3) is 4.59. The minimum Gasteiger partial charge on any atom is -0.322 e. The highest BCUT2D eigenvalue weighted by Crippen LogP contribution is 2.37. The molecule has 3 aromatic carbocycles. The van der Waals surface area contributed by atoms with Crippen LogP contribution in [0.4, 0.5) is 5.69 Å². The zero-order valence-electron chi connectivity index (χ0n) is 17.7. The smallest absolute Gasteiger partial charge is 0.262 e. The number of hydrogen-bond acceptors (Lipinski definition) is 5. The second kappa shape index (κ2) is 9.03. The molecule has 33 heavy (non-hydrogen) atoms. The summed E-state index contributed by atoms with van der Waals surface area (Å²) in [7, 11) is 0. The zero-order valence-corrected chi connectivity index (χ0v) is 18.5. The summed E-state index contributed by atoms with van der Waals surface area (Å²) in [4.78, 5) is 42.7. The van der Waals surface area contributed by atoms with Gasteiger partial charge in [-0.25, -0.2) is 4.98 Å². The molecule has 4 aromatic rings. The van der Waals surface area contributed by atoms with Gasteiger partial charge in [0, 0.05) is 22.9 Å². The maximum atomic E-state index is 13.0. The lowest BCUT2D eigenvalue weighted by molar-refractivity contribution is 0.101. The maximum absolute atomic E-state index is 13.0. The Hall–Kier alpha value is -3.71. The Bertz CT molecular complexity index is 1390. The van der Waals surface area contributed by atoms with Crippen LogP contribution in [0.5, 0.6) is 0 Å². The number of benzene rings is 3. The van der Waals surface area contributed by atoms with Crippen molar-refractivity contribution in [1.29, 1.82) is 0 Å². The first-order valence-electron chi connectivity index (χ1n) is 10.7. The Kier molecular flexibility index (Phi) is 5.79. The van der Waals surface area contributed by atoms with Gasteiger partial charge in [0.05, 0.1) is 16.7 Å². The Labute approximate surface area is 194 Å². The maximum Gasteiger partial charge on any atom is 0.262 e. The quantitative estimate of drug-likeness (QED) is 0.242. The highest BCUT2D eigenvalue weighted by molar-refractivity contribution is 7.99. The number of ketones is 1. The van der Waals surface area contributed by atoms with Crippen LogP contribution in [-0.4, -0.2) is 27.0 Å². The third-order valence-electron chi connectivity index (χ3n) is 5.52. The van der Waals surface area contributed by atoms with Crippen molar-refractivity contribution in [3.63, 3.8) is 0 Å². The fourth-order valence-corrected chi connectivity index (χ4v) is 4.59. The van der Waals surface area contributed by atoms with Crippen LogP contribution in [0.2, 0.25) is 0 Å². The molecule has 0 aliphatic heterocycles. The van der Waals surface area contributed by atoms with E-state index in [-0.39, 0.29) is 29.0 Å². The zero-order chi connectivity index (χ0) is 22.8. The van der Waals surface area contributed by atoms with E-state index in [4.69, 9.17) is 0 Å². The molecule has 164 valence electrons. The predicted octanol–water partition coefficient (Wildman–Crippen LogP) is 4.96. The van der Waals surface area contributed by atoms with E-state index in [0.29, 0.717) is 32.9 Å². The van der Waals surface area contributed by atoms with Crippen LogP contribution in [0.3, 0.4) is 0 Å². The summed E-state index contributed by atoms with van der Waals surface area (Å²) >= 11 is 1.29. The molecule has 1 N–H and O–H groups in total. The number of Topliss-reactive ketones (excluding diaryl/α,β-unsaturated/α-hetero) is 1. The Balaban J connectivity index is 1.29. The van der Waals surface area contributed by atoms with Gasteiger partial charge in [-0.3, -0.25) is 19.0 Å². The van der Waals surface area contributed by atoms with Crippen molar-refractivity contribution in [2.45, 2.75) is 24.0 Å². The van der Waals surface area contributed by atoms with Gasteiger partial charge in [-0.15, -0.1) is 0 Å². The summed E-state index contributed by atoms with van der Waals surface area (Å²) in [6, 6.07) is 23.3. The minimum atomic E-state index is -0.203. The molecular formula is C26H21N3O3S. The number of para-hydroxylation sites is 1. The van der Waals surface area contributed by atoms with Crippen molar-refractivity contribution in [1.82, 2.24) is 9.55 Å². The molecule has 1 amide bonds. The second-order valence-electron chi connectivity index (χ2n) is 7.93. The van der Waals surface area contributed by atoms with Crippen LogP contribution in [0, 0.1) is 0 Å². The molecule has 1 fully saturated rings. The normalized spacial score (nSPS) is 13.1. The molecule has 0 radical (unpaired) electrons. The Morgan fingerprint density at radius 3 is 2.33 bits per heavy atom. The molecule has 1 heterocycles. The van der Waals surface area contributed by atoms with E-state index in [0.717, 1.165) is 12.8 Å². The number of amides is 1. The number of aromatic nitrogens is 2. The molecule has 7 heteroatoms. The van der Waals surface area contributed by atoms with E-state index in [1.807, 2.05) is 36.4 Å². The fourth-order valence-electron chi connectivity index (χ4n) is 3.63. The summed E-state index contributed by atoms with van der Waals surface area (Å²) in [6.45, 7) is 0. The van der Waals surface area contributed by atoms with Gasteiger partial charge in [0.15, 0.2) is 10.9 Å². The fraction of sp³-hybridized carbons (Fsp3) is 0.154. The number of nitrogens with one attached hydrogen (secondary N) is 1. The van der Waals surface area contributed by atoms with E-state index >= 15 is 0 Å². The Morgan fingerprint density at radius 2 is 1.61 bits per heavy atom. The first-order chi connectivity index (χ1) is 16.1. The topological polar surface area (TPSA) is 81.1 Å². The SMILES string of the molecule is O=C(CSc1nc2ccccc2c(=O)n1C1CC1)c1ccc(NC(=O)c2ccccc2)cc1. The van der Waals surface area contributed by atoms with Crippen molar-refractivity contribution in [3.05, 3.63) is 100 Å². The van der Waals surface area contributed by atoms with Crippen LogP contribution in [0.1, 0.15) is 39.6 Å². The number of anilines is 1. The number of rotatable bonds is 7. The summed E-state index contributed by atoms with van der Waals surface area (Å²) in [6.07, 6.45) is 1.91. The average molecular weight is 456 g/mol. The lowest BCUT2D eigenvalue weighted by atomic mass is 10.1. The van der Waals surface area contributed by atoms with Crippen molar-refractivity contribution in [3.8, 4) is 0 Å². The van der Waals surface area contributed by atoms with Crippen molar-refractivity contribution < 1.29 is 9.59 Å². The Morgan fingerprint density at radius 1 is 0.909 bits per heavy atom. The number of thioether (sulfide) groups is 1. The number of carbonyl (C=O) groups is 2. The van der Waals surface area contributed by atoms with Gasteiger partial charge in [0.2, 0.25) is 0 Å². The number of fused-ring (bicyclic) bond motifs is 1. The van der Waals surface area contributed by atoms with Gasteiger partial charge >= 0.3 is 0 Å². The summed E-state index contributed by atoms with van der Waals surface area (Å²) in [5.74, 6) is -0.0934. The highest BCUT2D eigenvalue weighted by atomic mass is 32.2. The average Bonchev–Trinajstić information content (AvgIpc) is 3.69. The van der Waals surface area contributed by atoms with Crippen LogP contribution in [0.15, 0.2) is 88.8 Å². The molecule has 1 aliphatic carbocycles. The molecular weight excluding hydrogens is 434 g/mol. The van der Waals surface area contributed by atoms with E-state index in [2.05, 4.69) is 10.3 Å². The number of carbonyl (C=O) groups excluding carboxylic acids is 2. The van der Waals surface area contributed by atoms with Gasteiger partial charge in [-0.2, -0.15) is 0 Å². The van der Waals surface area contributed by atoms with Crippen LogP contribution >= 0.6 is 11.8 Å². The second-order valence-corrected chi connectivity index (χ2v) is 8.87. The van der Waals surface area contributed by atoms with Crippen LogP contribution < -0.4 is 10.9 Å². The predicted molar refractivity (Wildman–Crippen MR) is 130 cm³/mol. The van der Waals surface area contributed by atoms with Crippen LogP contribution in [-0.2, 0) is 0 Å². The van der Waals surface area contributed by atoms with E-state index in [1.54, 1.807) is 47.0 Å². The van der Waals surface area contributed by atoms with E-state index in [1.165, 1.54) is 11.8 Å². The van der Waals surface area contributed by atoms with Crippen molar-refractivity contribution in [2.24, 2.45) is 0 Å². The summed E-state index contributed by atoms with van der Waals surface area (Å²) in [5.41, 5.74) is 2.33. The van der Waals surface area contributed by atoms with Crippen LogP contribution in [0.25, 0.3) is 10.9 Å². The monoisotopic (exact) mass is 455 g/mol. The first-order valence-corrected chi connectivity index (χ1v) is 11.7. The van der Waals surface area contributed by atoms with Gasteiger partial charge in [0.1, 0.15) is 0 Å². The number of hydrogen-bond donors (Lipinski definition) is 1. The molecule has 0 saturated heterocycles. The summed E-state index contributed by atoms with van der Waals surface area (Å²) < 4.78 is 1.74. The van der Waals surface area contributed by atoms with Crippen molar-refractivity contribution in [2.75, 3.05) is 11.1 Å². The molecule has 1 aliphatic rings. The molecule has 1 saturated carbocycles. The molecule has 6 nitrogen and oxygen atoms in total. The van der Waals surface area contributed by atoms with E-state index < -0.39 is 0 Å². The molecule has 0 atom stereocenters. The van der Waals surface area contributed by atoms with Gasteiger partial charge < -0.3 is 5.32 Å². The molecule has 1 aromatic heterocycles. The minimum absolute atomic E-state index is 0.0449. The lowest BCUT2D eigenvalue weighted by Gasteiger charge is -2.12. The molecule has 0 unspecified atom stereocenters. The first kappa shape index (κ1) is 21.2. The van der Waals surface area contributed by atoms with Gasteiger partial charge in [0.25, 0.3) is 11.5 Å². The lowest BCUT2D eigenvalue weighted by Crippen LogP contribution is -2.22. The standard InChI is InChI=1S/C26H21N3O3S/c30-23(17-10-12-19(13-11-17)27-24(31)18-6-2-1-3-7-18)16-33-26-28-22-9-5-4-8-21(22)25(32)29(26)20-14-15-20/h1-13,20H,14-16H2,(H,27,31). The van der Waals surface area contributed by atoms with Gasteiger partial charge in [-0.1, -0.05) is 42.1 Å².